The summed E-state index contributed by atoms with van der Waals surface area (Å²) in [5.41, 5.74) is 1.97. The van der Waals surface area contributed by atoms with E-state index in [9.17, 15) is 9.59 Å². The number of anilines is 1. The first-order valence-corrected chi connectivity index (χ1v) is 6.54. The second-order valence-electron chi connectivity index (χ2n) is 4.32. The summed E-state index contributed by atoms with van der Waals surface area (Å²) in [5, 5.41) is 18.9. The van der Waals surface area contributed by atoms with Gasteiger partial charge in [0.05, 0.1) is 11.9 Å². The van der Waals surface area contributed by atoms with Crippen molar-refractivity contribution in [2.45, 2.75) is 0 Å². The van der Waals surface area contributed by atoms with Gasteiger partial charge in [-0.2, -0.15) is 0 Å². The summed E-state index contributed by atoms with van der Waals surface area (Å²) in [4.78, 5) is 25.5. The average Bonchev–Trinajstić information content (AvgIpc) is 2.54. The number of pyridine rings is 1. The van der Waals surface area contributed by atoms with Crippen molar-refractivity contribution in [3.8, 4) is 12.3 Å². The second kappa shape index (κ2) is 9.15. The van der Waals surface area contributed by atoms with Crippen LogP contribution in [0.5, 0.6) is 0 Å². The molecule has 1 aliphatic rings. The predicted octanol–water partition coefficient (Wildman–Crippen LogP) is 0.184. The molecule has 0 radical (unpaired) electrons. The first kappa shape index (κ1) is 17.2. The lowest BCUT2D eigenvalue weighted by Crippen LogP contribution is -2.43. The maximum Gasteiger partial charge on any atom is 0.328 e. The van der Waals surface area contributed by atoms with Crippen LogP contribution in [-0.2, 0) is 9.59 Å². The largest absolute Gasteiger partial charge is 0.478 e. The van der Waals surface area contributed by atoms with Crippen molar-refractivity contribution in [2.75, 3.05) is 31.1 Å². The van der Waals surface area contributed by atoms with Crippen molar-refractivity contribution in [3.63, 3.8) is 0 Å². The number of carboxylic acids is 2. The lowest BCUT2D eigenvalue weighted by molar-refractivity contribution is -0.134. The van der Waals surface area contributed by atoms with E-state index in [0.29, 0.717) is 12.2 Å². The Bertz CT molecular complexity index is 571. The molecule has 0 unspecified atom stereocenters. The highest BCUT2D eigenvalue weighted by Gasteiger charge is 2.10. The molecule has 22 heavy (non-hydrogen) atoms. The van der Waals surface area contributed by atoms with Crippen molar-refractivity contribution >= 4 is 17.6 Å². The molecule has 1 fully saturated rings. The number of piperazine rings is 1. The summed E-state index contributed by atoms with van der Waals surface area (Å²) >= 11 is 0. The summed E-state index contributed by atoms with van der Waals surface area (Å²) in [6.07, 6.45) is 10.0. The Morgan fingerprint density at radius 3 is 2.32 bits per heavy atom. The lowest BCUT2D eigenvalue weighted by Gasteiger charge is -2.29. The van der Waals surface area contributed by atoms with Crippen molar-refractivity contribution in [1.82, 2.24) is 10.3 Å². The Labute approximate surface area is 128 Å². The van der Waals surface area contributed by atoms with E-state index >= 15 is 0 Å². The van der Waals surface area contributed by atoms with Gasteiger partial charge in [0.1, 0.15) is 0 Å². The molecule has 0 atom stereocenters. The summed E-state index contributed by atoms with van der Waals surface area (Å²) < 4.78 is 0. The molecule has 0 aromatic carbocycles. The summed E-state index contributed by atoms with van der Waals surface area (Å²) in [6, 6.07) is 2.01. The number of carbonyl (C=O) groups is 2. The number of rotatable bonds is 3. The standard InChI is InChI=1S/C11H13N3.C4H4O4/c1-2-10-7-11(9-13-8-10)14-5-3-12-4-6-14;5-3(6)1-2-4(7)8/h1,7-9,12H,3-6H2;1-2H,(H,5,6)(H,7,8)/b;2-1+. The van der Waals surface area contributed by atoms with Crippen LogP contribution in [0.4, 0.5) is 5.69 Å². The molecule has 0 amide bonds. The molecular formula is C15H17N3O4. The molecule has 2 heterocycles. The normalized spacial score (nSPS) is 13.9. The van der Waals surface area contributed by atoms with Gasteiger partial charge < -0.3 is 20.4 Å². The van der Waals surface area contributed by atoms with E-state index in [1.807, 2.05) is 12.3 Å². The maximum atomic E-state index is 9.55. The third-order valence-corrected chi connectivity index (χ3v) is 2.74. The van der Waals surface area contributed by atoms with Crippen LogP contribution < -0.4 is 10.2 Å². The fraction of sp³-hybridized carbons (Fsp3) is 0.267. The molecule has 7 heteroatoms. The van der Waals surface area contributed by atoms with Gasteiger partial charge in [-0.15, -0.1) is 6.42 Å². The average molecular weight is 303 g/mol. The van der Waals surface area contributed by atoms with E-state index in [0.717, 1.165) is 37.4 Å². The number of hydrogen-bond acceptors (Lipinski definition) is 5. The minimum atomic E-state index is -1.26. The number of nitrogens with zero attached hydrogens (tertiary/aromatic N) is 2. The Balaban J connectivity index is 0.000000261. The summed E-state index contributed by atoms with van der Waals surface area (Å²) in [7, 11) is 0. The zero-order valence-electron chi connectivity index (χ0n) is 11.9. The zero-order valence-corrected chi connectivity index (χ0v) is 11.9. The van der Waals surface area contributed by atoms with Crippen LogP contribution in [0.1, 0.15) is 5.56 Å². The van der Waals surface area contributed by atoms with Crippen LogP contribution in [0.25, 0.3) is 0 Å². The van der Waals surface area contributed by atoms with Crippen LogP contribution in [0, 0.1) is 12.3 Å². The van der Waals surface area contributed by atoms with E-state index in [-0.39, 0.29) is 0 Å². The Morgan fingerprint density at radius 2 is 1.82 bits per heavy atom. The fourth-order valence-corrected chi connectivity index (χ4v) is 1.75. The van der Waals surface area contributed by atoms with E-state index in [1.54, 1.807) is 6.20 Å². The van der Waals surface area contributed by atoms with Gasteiger partial charge in [-0.1, -0.05) is 5.92 Å². The molecule has 1 aromatic rings. The summed E-state index contributed by atoms with van der Waals surface area (Å²) in [6.45, 7) is 4.10. The van der Waals surface area contributed by atoms with Gasteiger partial charge in [0.2, 0.25) is 0 Å². The second-order valence-corrected chi connectivity index (χ2v) is 4.32. The molecule has 0 aliphatic carbocycles. The number of aliphatic carboxylic acids is 2. The van der Waals surface area contributed by atoms with Crippen molar-refractivity contribution in [1.29, 1.82) is 0 Å². The smallest absolute Gasteiger partial charge is 0.328 e. The molecule has 3 N–H and O–H groups in total. The number of nitrogens with one attached hydrogen (secondary N) is 1. The van der Waals surface area contributed by atoms with Gasteiger partial charge in [-0.25, -0.2) is 9.59 Å². The zero-order chi connectivity index (χ0) is 16.4. The van der Waals surface area contributed by atoms with Gasteiger partial charge in [0.25, 0.3) is 0 Å². The molecule has 116 valence electrons. The highest BCUT2D eigenvalue weighted by Crippen LogP contribution is 2.14. The van der Waals surface area contributed by atoms with Crippen molar-refractivity contribution in [3.05, 3.63) is 36.2 Å². The van der Waals surface area contributed by atoms with Gasteiger partial charge >= 0.3 is 11.9 Å². The van der Waals surface area contributed by atoms with E-state index in [1.165, 1.54) is 0 Å². The molecular weight excluding hydrogens is 286 g/mol. The van der Waals surface area contributed by atoms with E-state index in [2.05, 4.69) is 21.1 Å². The van der Waals surface area contributed by atoms with Gasteiger partial charge in [0.15, 0.2) is 0 Å². The fourth-order valence-electron chi connectivity index (χ4n) is 1.75. The van der Waals surface area contributed by atoms with Gasteiger partial charge in [0, 0.05) is 50.1 Å². The van der Waals surface area contributed by atoms with Crippen LogP contribution in [-0.4, -0.2) is 53.3 Å². The Kier molecular flexibility index (Phi) is 7.16. The minimum Gasteiger partial charge on any atom is -0.478 e. The summed E-state index contributed by atoms with van der Waals surface area (Å²) in [5.74, 6) is 0.0876. The lowest BCUT2D eigenvalue weighted by atomic mass is 10.2. The first-order chi connectivity index (χ1) is 10.5. The molecule has 0 saturated carbocycles. The third kappa shape index (κ3) is 6.54. The van der Waals surface area contributed by atoms with Crippen molar-refractivity contribution < 1.29 is 19.8 Å². The highest BCUT2D eigenvalue weighted by molar-refractivity contribution is 5.89. The van der Waals surface area contributed by atoms with Crippen LogP contribution in [0.2, 0.25) is 0 Å². The van der Waals surface area contributed by atoms with Gasteiger partial charge in [-0.05, 0) is 6.07 Å². The molecule has 2 rings (SSSR count). The molecule has 7 nitrogen and oxygen atoms in total. The van der Waals surface area contributed by atoms with Crippen LogP contribution >= 0.6 is 0 Å². The number of carboxylic acid groups (broad SMARTS) is 2. The maximum absolute atomic E-state index is 9.55. The number of terminal acetylenes is 1. The Morgan fingerprint density at radius 1 is 1.23 bits per heavy atom. The molecule has 1 saturated heterocycles. The number of hydrogen-bond donors (Lipinski definition) is 3. The quantitative estimate of drug-likeness (QED) is 0.541. The molecule has 1 aliphatic heterocycles. The Hall–Kier alpha value is -2.85. The van der Waals surface area contributed by atoms with E-state index in [4.69, 9.17) is 16.6 Å². The van der Waals surface area contributed by atoms with Crippen LogP contribution in [0.3, 0.4) is 0 Å². The number of aromatic nitrogens is 1. The van der Waals surface area contributed by atoms with Crippen LogP contribution in [0.15, 0.2) is 30.6 Å². The van der Waals surface area contributed by atoms with Crippen molar-refractivity contribution in [2.24, 2.45) is 0 Å². The monoisotopic (exact) mass is 303 g/mol. The predicted molar refractivity (Wildman–Crippen MR) is 81.7 cm³/mol. The molecule has 1 aromatic heterocycles. The van der Waals surface area contributed by atoms with Gasteiger partial charge in [-0.3, -0.25) is 4.98 Å². The minimum absolute atomic E-state index is 0.558. The SMILES string of the molecule is C#Cc1cncc(N2CCNCC2)c1.O=C(O)/C=C/C(=O)O. The topological polar surface area (TPSA) is 103 Å². The molecule has 0 bridgehead atoms. The first-order valence-electron chi connectivity index (χ1n) is 6.54. The third-order valence-electron chi connectivity index (χ3n) is 2.74. The highest BCUT2D eigenvalue weighted by atomic mass is 16.4. The molecule has 0 spiro atoms. The van der Waals surface area contributed by atoms with E-state index < -0.39 is 11.9 Å².